The summed E-state index contributed by atoms with van der Waals surface area (Å²) in [7, 11) is 5.20. The molecule has 0 saturated carbocycles. The summed E-state index contributed by atoms with van der Waals surface area (Å²) in [6, 6.07) is 5.76. The van der Waals surface area contributed by atoms with Gasteiger partial charge >= 0.3 is 0 Å². The van der Waals surface area contributed by atoms with Gasteiger partial charge in [0.15, 0.2) is 5.82 Å². The molecule has 1 aromatic carbocycles. The zero-order valence-electron chi connectivity index (χ0n) is 19.8. The highest BCUT2D eigenvalue weighted by Crippen LogP contribution is 2.40. The van der Waals surface area contributed by atoms with Crippen LogP contribution in [0.15, 0.2) is 64.6 Å². The number of anilines is 1. The molecule has 0 amide bonds. The number of methoxy groups -OCH3 is 2. The highest BCUT2D eigenvalue weighted by Gasteiger charge is 2.34. The summed E-state index contributed by atoms with van der Waals surface area (Å²) in [5, 5.41) is 8.15. The van der Waals surface area contributed by atoms with Crippen molar-refractivity contribution in [1.29, 1.82) is 0 Å². The van der Waals surface area contributed by atoms with Gasteiger partial charge in [0, 0.05) is 37.2 Å². The minimum atomic E-state index is -0.407. The van der Waals surface area contributed by atoms with E-state index in [0.29, 0.717) is 29.8 Å². The summed E-state index contributed by atoms with van der Waals surface area (Å²) in [5.74, 6) is 2.18. The van der Waals surface area contributed by atoms with Crippen molar-refractivity contribution in [3.8, 4) is 17.1 Å². The summed E-state index contributed by atoms with van der Waals surface area (Å²) in [5.41, 5.74) is 16.9. The van der Waals surface area contributed by atoms with E-state index in [9.17, 15) is 0 Å². The molecule has 0 radical (unpaired) electrons. The van der Waals surface area contributed by atoms with Crippen molar-refractivity contribution in [2.24, 2.45) is 23.5 Å². The number of guanidine groups is 1. The molecular weight excluding hydrogens is 420 g/mol. The van der Waals surface area contributed by atoms with Crippen LogP contribution in [0, 0.1) is 0 Å². The van der Waals surface area contributed by atoms with Gasteiger partial charge in [0.05, 0.1) is 30.6 Å². The first-order valence-corrected chi connectivity index (χ1v) is 10.5. The molecule has 2 aliphatic rings. The molecule has 10 nitrogen and oxygen atoms in total. The van der Waals surface area contributed by atoms with Gasteiger partial charge < -0.3 is 30.4 Å². The van der Waals surface area contributed by atoms with E-state index in [2.05, 4.69) is 15.2 Å². The van der Waals surface area contributed by atoms with Gasteiger partial charge in [0.2, 0.25) is 5.96 Å². The van der Waals surface area contributed by atoms with Gasteiger partial charge in [0.1, 0.15) is 17.9 Å². The lowest BCUT2D eigenvalue weighted by Crippen LogP contribution is -2.47. The van der Waals surface area contributed by atoms with Gasteiger partial charge in [-0.2, -0.15) is 0 Å². The largest absolute Gasteiger partial charge is 0.495 e. The molecule has 3 heterocycles. The Morgan fingerprint density at radius 1 is 1.15 bits per heavy atom. The zero-order valence-corrected chi connectivity index (χ0v) is 19.8. The number of nitrogens with two attached hydrogens (primary N) is 2. The third-order valence-corrected chi connectivity index (χ3v) is 5.87. The second-order valence-corrected chi connectivity index (χ2v) is 8.63. The molecule has 33 heavy (non-hydrogen) atoms. The third kappa shape index (κ3) is 3.93. The highest BCUT2D eigenvalue weighted by molar-refractivity contribution is 6.02. The molecule has 4 rings (SSSR count). The van der Waals surface area contributed by atoms with Crippen LogP contribution in [0.5, 0.6) is 5.75 Å². The number of benzene rings is 1. The fourth-order valence-corrected chi connectivity index (χ4v) is 3.93. The van der Waals surface area contributed by atoms with Crippen molar-refractivity contribution in [1.82, 2.24) is 19.7 Å². The van der Waals surface area contributed by atoms with Crippen LogP contribution in [0.2, 0.25) is 0 Å². The van der Waals surface area contributed by atoms with Crippen LogP contribution in [-0.4, -0.2) is 52.0 Å². The van der Waals surface area contributed by atoms with E-state index in [0.717, 1.165) is 28.4 Å². The number of hydrogen-bond donors (Lipinski definition) is 2. The van der Waals surface area contributed by atoms with Gasteiger partial charge in [-0.1, -0.05) is 0 Å². The topological polar surface area (TPSA) is 120 Å². The van der Waals surface area contributed by atoms with E-state index >= 15 is 0 Å². The molecule has 10 heteroatoms. The van der Waals surface area contributed by atoms with Gasteiger partial charge in [-0.15, -0.1) is 10.2 Å². The molecule has 174 valence electrons. The number of ether oxygens (including phenoxy) is 2. The molecule has 0 fully saturated rings. The molecule has 0 saturated heterocycles. The first-order chi connectivity index (χ1) is 15.7. The van der Waals surface area contributed by atoms with Crippen molar-refractivity contribution in [3.63, 3.8) is 0 Å². The van der Waals surface area contributed by atoms with Crippen molar-refractivity contribution in [3.05, 3.63) is 59.6 Å². The van der Waals surface area contributed by atoms with Crippen LogP contribution in [0.1, 0.15) is 20.8 Å². The Bertz CT molecular complexity index is 1200. The number of nitrogens with zero attached hydrogens (tertiary/aromatic N) is 6. The molecule has 2 aliphatic heterocycles. The molecule has 1 aromatic heterocycles. The maximum absolute atomic E-state index is 6.75. The number of hydrogen-bond acceptors (Lipinski definition) is 9. The highest BCUT2D eigenvalue weighted by atomic mass is 16.5. The van der Waals surface area contributed by atoms with Crippen LogP contribution in [0.4, 0.5) is 5.69 Å². The van der Waals surface area contributed by atoms with Crippen molar-refractivity contribution in [2.45, 2.75) is 26.4 Å². The Labute approximate surface area is 193 Å². The normalized spacial score (nSPS) is 16.4. The quantitative estimate of drug-likeness (QED) is 0.688. The van der Waals surface area contributed by atoms with Crippen LogP contribution >= 0.6 is 0 Å². The molecule has 0 atom stereocenters. The first kappa shape index (κ1) is 22.4. The summed E-state index contributed by atoms with van der Waals surface area (Å²) >= 11 is 0. The standard InChI is InChI=1S/C23H30N8O2/c1-14-9-16-11-26-22(25)31(19(16)20(24)30(14)12-23(2,3)33-6)17-8-7-15(10-18(17)32-5)21-28-27-13-29(21)4/h7-11,13H,12,24H2,1-6H3,(H2,25,26). The molecule has 0 bridgehead atoms. The number of allylic oxidation sites excluding steroid dienone is 2. The maximum atomic E-state index is 6.75. The number of aryl methyl sites for hydroxylation is 1. The molecule has 0 spiro atoms. The molecule has 0 aliphatic carbocycles. The van der Waals surface area contributed by atoms with Crippen LogP contribution in [0.3, 0.4) is 0 Å². The Balaban J connectivity index is 1.82. The first-order valence-electron chi connectivity index (χ1n) is 10.5. The molecular formula is C23H30N8O2. The van der Waals surface area contributed by atoms with Gasteiger partial charge in [-0.05, 0) is 45.0 Å². The minimum absolute atomic E-state index is 0.292. The Morgan fingerprint density at radius 3 is 2.55 bits per heavy atom. The van der Waals surface area contributed by atoms with Crippen molar-refractivity contribution < 1.29 is 9.47 Å². The second kappa shape index (κ2) is 8.28. The monoisotopic (exact) mass is 450 g/mol. The van der Waals surface area contributed by atoms with E-state index < -0.39 is 5.60 Å². The van der Waals surface area contributed by atoms with E-state index in [1.165, 1.54) is 0 Å². The average molecular weight is 451 g/mol. The van der Waals surface area contributed by atoms with E-state index in [4.69, 9.17) is 20.9 Å². The zero-order chi connectivity index (χ0) is 23.9. The van der Waals surface area contributed by atoms with Gasteiger partial charge in [-0.25, -0.2) is 4.99 Å². The van der Waals surface area contributed by atoms with E-state index in [1.54, 1.807) is 26.7 Å². The molecule has 2 aromatic rings. The Morgan fingerprint density at radius 2 is 1.91 bits per heavy atom. The van der Waals surface area contributed by atoms with E-state index in [-0.39, 0.29) is 0 Å². The fourth-order valence-electron chi connectivity index (χ4n) is 3.93. The lowest BCUT2D eigenvalue weighted by Gasteiger charge is -2.40. The van der Waals surface area contributed by atoms with Gasteiger partial charge in [-0.3, -0.25) is 4.90 Å². The van der Waals surface area contributed by atoms with Crippen molar-refractivity contribution >= 4 is 11.6 Å². The van der Waals surface area contributed by atoms with Crippen LogP contribution < -0.4 is 21.1 Å². The number of fused-ring (bicyclic) bond motifs is 1. The number of aromatic nitrogens is 3. The van der Waals surface area contributed by atoms with Crippen LogP contribution in [-0.2, 0) is 11.8 Å². The SMILES string of the molecule is COc1cc(-c2nncn2C)ccc1N1C(N)=NC=C2C=C(C)N(CC(C)(C)OC)C(N)=C21. The number of aliphatic imine (C=N–C) groups is 1. The summed E-state index contributed by atoms with van der Waals surface area (Å²) in [6.45, 7) is 6.62. The maximum Gasteiger partial charge on any atom is 0.205 e. The van der Waals surface area contributed by atoms with Crippen LogP contribution in [0.25, 0.3) is 11.4 Å². The lowest BCUT2D eigenvalue weighted by molar-refractivity contribution is 0.00493. The van der Waals surface area contributed by atoms with Gasteiger partial charge in [0.25, 0.3) is 0 Å². The number of rotatable bonds is 6. The Hall–Kier alpha value is -3.79. The third-order valence-electron chi connectivity index (χ3n) is 5.87. The predicted molar refractivity (Wildman–Crippen MR) is 128 cm³/mol. The average Bonchev–Trinajstić information content (AvgIpc) is 3.22. The Kier molecular flexibility index (Phi) is 5.62. The summed E-state index contributed by atoms with van der Waals surface area (Å²) in [4.78, 5) is 8.27. The second-order valence-electron chi connectivity index (χ2n) is 8.63. The molecule has 0 unspecified atom stereocenters. The van der Waals surface area contributed by atoms with Crippen molar-refractivity contribution in [2.75, 3.05) is 25.7 Å². The summed E-state index contributed by atoms with van der Waals surface area (Å²) in [6.07, 6.45) is 5.43. The fraction of sp³-hybridized carbons (Fsp3) is 0.348. The smallest absolute Gasteiger partial charge is 0.205 e. The summed E-state index contributed by atoms with van der Waals surface area (Å²) < 4.78 is 13.2. The lowest BCUT2D eigenvalue weighted by atomic mass is 10.0. The minimum Gasteiger partial charge on any atom is -0.495 e. The molecule has 4 N–H and O–H groups in total. The van der Waals surface area contributed by atoms with E-state index in [1.807, 2.05) is 66.5 Å². The predicted octanol–water partition coefficient (Wildman–Crippen LogP) is 2.28.